The van der Waals surface area contributed by atoms with E-state index in [9.17, 15) is 32.0 Å². The number of carbonyl (C=O) groups excluding carboxylic acids is 2. The molecule has 1 aliphatic carbocycles. The van der Waals surface area contributed by atoms with Crippen LogP contribution in [0.4, 0.5) is 9.18 Å². The zero-order valence-corrected chi connectivity index (χ0v) is 25.4. The van der Waals surface area contributed by atoms with Gasteiger partial charge in [-0.25, -0.2) is 22.4 Å². The first-order valence-electron chi connectivity index (χ1n) is 14.0. The van der Waals surface area contributed by atoms with Crippen LogP contribution < -0.4 is 16.6 Å². The standard InChI is InChI=1S/C29H33ClFN5O6S/c1-18(17-43(2,41)42)36-27(38)22(21-7-5-8-23(31)26(21)30)15-34(29(36)40)16-25(37)33-12-10-20(11-13-33)35-14-19-6-3-4-9-24(19)32-28(35)39/h3-5,7-9,15,18-20H,6,10-14,16-17H2,1-2H3,(H,32,39)/t18-,19?/m0/s1. The molecule has 2 aromatic rings. The number of allylic oxidation sites excluding steroid dienone is 3. The number of likely N-dealkylation sites (tertiary alicyclic amines) is 1. The molecule has 1 N–H and O–H groups in total. The van der Waals surface area contributed by atoms with E-state index < -0.39 is 45.2 Å². The van der Waals surface area contributed by atoms with Gasteiger partial charge in [0.25, 0.3) is 5.56 Å². The van der Waals surface area contributed by atoms with Crippen molar-refractivity contribution in [3.05, 3.63) is 80.0 Å². The van der Waals surface area contributed by atoms with Gasteiger partial charge in [0.15, 0.2) is 0 Å². The molecule has 0 bridgehead atoms. The summed E-state index contributed by atoms with van der Waals surface area (Å²) in [4.78, 5) is 56.5. The van der Waals surface area contributed by atoms with Gasteiger partial charge in [-0.2, -0.15) is 0 Å². The highest BCUT2D eigenvalue weighted by Gasteiger charge is 2.36. The summed E-state index contributed by atoms with van der Waals surface area (Å²) in [7, 11) is -3.58. The minimum atomic E-state index is -3.58. The SMILES string of the molecule is C[C@@H](CS(C)(=O)=O)n1c(=O)c(-c2cccc(F)c2Cl)cn(CC(=O)N2CCC(N3CC4CC=CC=C4NC3=O)CC2)c1=O. The number of fused-ring (bicyclic) bond motifs is 1. The third-order valence-corrected chi connectivity index (χ3v) is 9.65. The Hall–Kier alpha value is -3.71. The van der Waals surface area contributed by atoms with Crippen LogP contribution in [0.15, 0.2) is 57.9 Å². The molecule has 43 heavy (non-hydrogen) atoms. The Labute approximate surface area is 253 Å². The molecule has 1 unspecified atom stereocenters. The summed E-state index contributed by atoms with van der Waals surface area (Å²) in [5.41, 5.74) is -0.910. The number of amides is 3. The third kappa shape index (κ3) is 6.47. The fourth-order valence-electron chi connectivity index (χ4n) is 6.03. The van der Waals surface area contributed by atoms with Gasteiger partial charge in [0, 0.05) is 55.3 Å². The monoisotopic (exact) mass is 633 g/mol. The summed E-state index contributed by atoms with van der Waals surface area (Å²) in [6.07, 6.45) is 10.1. The van der Waals surface area contributed by atoms with E-state index in [4.69, 9.17) is 11.6 Å². The molecule has 0 spiro atoms. The van der Waals surface area contributed by atoms with Crippen LogP contribution in [0.25, 0.3) is 11.1 Å². The van der Waals surface area contributed by atoms with Crippen molar-refractivity contribution in [1.82, 2.24) is 24.3 Å². The molecule has 11 nitrogen and oxygen atoms in total. The first kappa shape index (κ1) is 30.7. The number of sulfone groups is 1. The van der Waals surface area contributed by atoms with Gasteiger partial charge >= 0.3 is 11.7 Å². The average molecular weight is 634 g/mol. The van der Waals surface area contributed by atoms with Crippen LogP contribution in [0, 0.1) is 11.7 Å². The molecule has 2 saturated heterocycles. The fraction of sp³-hybridized carbons (Fsp3) is 0.448. The number of hydrogen-bond donors (Lipinski definition) is 1. The Bertz CT molecular complexity index is 1740. The van der Waals surface area contributed by atoms with Crippen molar-refractivity contribution >= 4 is 33.4 Å². The molecule has 2 aliphatic heterocycles. The van der Waals surface area contributed by atoms with E-state index in [-0.39, 0.29) is 40.0 Å². The summed E-state index contributed by atoms with van der Waals surface area (Å²) >= 11 is 6.16. The number of nitrogens with zero attached hydrogens (tertiary/aromatic N) is 4. The summed E-state index contributed by atoms with van der Waals surface area (Å²) < 4.78 is 40.1. The molecule has 230 valence electrons. The van der Waals surface area contributed by atoms with Gasteiger partial charge in [0.1, 0.15) is 22.2 Å². The molecule has 0 radical (unpaired) electrons. The van der Waals surface area contributed by atoms with Crippen molar-refractivity contribution in [2.75, 3.05) is 31.6 Å². The Morgan fingerprint density at radius 2 is 1.88 bits per heavy atom. The summed E-state index contributed by atoms with van der Waals surface area (Å²) in [5, 5.41) is 2.64. The smallest absolute Gasteiger partial charge is 0.331 e. The van der Waals surface area contributed by atoms with Crippen molar-refractivity contribution in [2.45, 2.75) is 44.8 Å². The molecule has 3 amide bonds. The predicted octanol–water partition coefficient (Wildman–Crippen LogP) is 2.55. The average Bonchev–Trinajstić information content (AvgIpc) is 2.95. The Morgan fingerprint density at radius 1 is 1.16 bits per heavy atom. The van der Waals surface area contributed by atoms with Crippen LogP contribution in [-0.2, 0) is 21.2 Å². The number of rotatable bonds is 7. The number of carbonyl (C=O) groups is 2. The van der Waals surface area contributed by atoms with Gasteiger partial charge < -0.3 is 15.1 Å². The second kappa shape index (κ2) is 12.1. The lowest BCUT2D eigenvalue weighted by molar-refractivity contribution is -0.133. The van der Waals surface area contributed by atoms with Crippen LogP contribution in [-0.4, -0.2) is 77.0 Å². The topological polar surface area (TPSA) is 131 Å². The molecule has 2 fully saturated rings. The van der Waals surface area contributed by atoms with E-state index in [0.717, 1.165) is 33.6 Å². The number of urea groups is 1. The Balaban J connectivity index is 1.37. The van der Waals surface area contributed by atoms with Gasteiger partial charge in [-0.05, 0) is 38.3 Å². The van der Waals surface area contributed by atoms with Crippen molar-refractivity contribution in [3.8, 4) is 11.1 Å². The summed E-state index contributed by atoms with van der Waals surface area (Å²) in [6.45, 7) is 2.32. The number of nitrogens with one attached hydrogen (secondary N) is 1. The van der Waals surface area contributed by atoms with Crippen LogP contribution in [0.3, 0.4) is 0 Å². The first-order chi connectivity index (χ1) is 20.3. The Morgan fingerprint density at radius 3 is 2.58 bits per heavy atom. The maximum absolute atomic E-state index is 14.3. The maximum atomic E-state index is 14.3. The van der Waals surface area contributed by atoms with E-state index in [1.807, 2.05) is 17.1 Å². The molecule has 1 aromatic carbocycles. The number of hydrogen-bond acceptors (Lipinski definition) is 6. The number of halogens is 2. The molecule has 14 heteroatoms. The Kier molecular flexibility index (Phi) is 8.66. The lowest BCUT2D eigenvalue weighted by atomic mass is 9.92. The number of benzene rings is 1. The van der Waals surface area contributed by atoms with Gasteiger partial charge in [-0.1, -0.05) is 35.9 Å². The largest absolute Gasteiger partial charge is 0.341 e. The van der Waals surface area contributed by atoms with Crippen molar-refractivity contribution in [2.24, 2.45) is 5.92 Å². The summed E-state index contributed by atoms with van der Waals surface area (Å²) in [6, 6.07) is 2.63. The highest BCUT2D eigenvalue weighted by Crippen LogP contribution is 2.29. The minimum absolute atomic E-state index is 0.0141. The van der Waals surface area contributed by atoms with Crippen LogP contribution in [0.2, 0.25) is 5.02 Å². The molecule has 0 saturated carbocycles. The van der Waals surface area contributed by atoms with E-state index >= 15 is 0 Å². The highest BCUT2D eigenvalue weighted by atomic mass is 35.5. The van der Waals surface area contributed by atoms with E-state index in [1.165, 1.54) is 25.3 Å². The van der Waals surface area contributed by atoms with Gasteiger partial charge in [-0.3, -0.25) is 18.7 Å². The quantitative estimate of drug-likeness (QED) is 0.499. The van der Waals surface area contributed by atoms with Crippen LogP contribution in [0.5, 0.6) is 0 Å². The van der Waals surface area contributed by atoms with E-state index in [1.54, 1.807) is 4.90 Å². The van der Waals surface area contributed by atoms with Crippen molar-refractivity contribution < 1.29 is 22.4 Å². The second-order valence-electron chi connectivity index (χ2n) is 11.3. The minimum Gasteiger partial charge on any atom is -0.341 e. The third-order valence-electron chi connectivity index (χ3n) is 8.18. The molecule has 3 heterocycles. The normalized spacial score (nSPS) is 20.0. The first-order valence-corrected chi connectivity index (χ1v) is 16.5. The fourth-order valence-corrected chi connectivity index (χ4v) is 7.28. The molecule has 5 rings (SSSR count). The van der Waals surface area contributed by atoms with E-state index in [0.29, 0.717) is 32.5 Å². The van der Waals surface area contributed by atoms with Crippen molar-refractivity contribution in [3.63, 3.8) is 0 Å². The number of piperidine rings is 1. The maximum Gasteiger partial charge on any atom is 0.331 e. The van der Waals surface area contributed by atoms with Gasteiger partial charge in [-0.15, -0.1) is 0 Å². The van der Waals surface area contributed by atoms with Crippen LogP contribution >= 0.6 is 11.6 Å². The molecular formula is C29H33ClFN5O6S. The molecule has 3 aliphatic rings. The zero-order chi connectivity index (χ0) is 31.1. The second-order valence-corrected chi connectivity index (χ2v) is 13.9. The number of aromatic nitrogens is 2. The van der Waals surface area contributed by atoms with Gasteiger partial charge in [0.05, 0.1) is 22.4 Å². The summed E-state index contributed by atoms with van der Waals surface area (Å²) in [5.74, 6) is -1.44. The lowest BCUT2D eigenvalue weighted by Crippen LogP contribution is -2.57. The predicted molar refractivity (Wildman–Crippen MR) is 160 cm³/mol. The lowest BCUT2D eigenvalue weighted by Gasteiger charge is -2.43. The zero-order valence-electron chi connectivity index (χ0n) is 23.8. The van der Waals surface area contributed by atoms with Crippen LogP contribution in [0.1, 0.15) is 32.2 Å². The van der Waals surface area contributed by atoms with Crippen molar-refractivity contribution in [1.29, 1.82) is 0 Å². The highest BCUT2D eigenvalue weighted by molar-refractivity contribution is 7.90. The van der Waals surface area contributed by atoms with E-state index in [2.05, 4.69) is 11.4 Å². The van der Waals surface area contributed by atoms with Gasteiger partial charge in [0.2, 0.25) is 5.91 Å². The molecular weight excluding hydrogens is 601 g/mol. The molecule has 2 atom stereocenters. The molecule has 1 aromatic heterocycles.